The Morgan fingerprint density at radius 2 is 1.78 bits per heavy atom. The van der Waals surface area contributed by atoms with Crippen molar-refractivity contribution in [2.75, 3.05) is 17.8 Å². The number of hydrogen-bond acceptors (Lipinski definition) is 6. The van der Waals surface area contributed by atoms with Crippen molar-refractivity contribution in [1.82, 2.24) is 0 Å². The molecule has 0 aliphatic carbocycles. The number of nitrogen functional groups attached to an aromatic ring is 1. The zero-order chi connectivity index (χ0) is 17.8. The summed E-state index contributed by atoms with van der Waals surface area (Å²) in [6.07, 6.45) is -0.899. The van der Waals surface area contributed by atoms with Crippen LogP contribution in [0.4, 0.5) is 16.2 Å². The van der Waals surface area contributed by atoms with Gasteiger partial charge in [0.2, 0.25) is 0 Å². The molecule has 0 heterocycles. The van der Waals surface area contributed by atoms with E-state index < -0.39 is 12.3 Å². The summed E-state index contributed by atoms with van der Waals surface area (Å²) >= 11 is 0. The summed E-state index contributed by atoms with van der Waals surface area (Å²) in [7, 11) is 0. The van der Waals surface area contributed by atoms with E-state index in [4.69, 9.17) is 21.0 Å². The van der Waals surface area contributed by atoms with Gasteiger partial charge in [0.05, 0.1) is 5.69 Å². The predicted molar refractivity (Wildman–Crippen MR) is 94.8 cm³/mol. The van der Waals surface area contributed by atoms with Gasteiger partial charge in [-0.05, 0) is 41.8 Å². The first-order valence-corrected chi connectivity index (χ1v) is 7.52. The van der Waals surface area contributed by atoms with Crippen molar-refractivity contribution in [3.8, 4) is 0 Å². The van der Waals surface area contributed by atoms with Gasteiger partial charge in [-0.3, -0.25) is 0 Å². The summed E-state index contributed by atoms with van der Waals surface area (Å²) in [4.78, 5) is 16.5. The lowest BCUT2D eigenvalue weighted by molar-refractivity contribution is 0.0576. The van der Waals surface area contributed by atoms with Gasteiger partial charge in [-0.2, -0.15) is 0 Å². The van der Waals surface area contributed by atoms with E-state index in [2.05, 4.69) is 18.6 Å². The Morgan fingerprint density at radius 3 is 2.26 bits per heavy atom. The third-order valence-corrected chi connectivity index (χ3v) is 2.83. The number of hydrogen-bond donors (Lipinski definition) is 3. The van der Waals surface area contributed by atoms with E-state index in [1.165, 1.54) is 0 Å². The molecule has 0 aromatic heterocycles. The second-order valence-corrected chi connectivity index (χ2v) is 4.45. The van der Waals surface area contributed by atoms with E-state index in [-0.39, 0.29) is 6.54 Å². The summed E-state index contributed by atoms with van der Waals surface area (Å²) < 4.78 is 5.17. The molecule has 6 heteroatoms. The molecule has 0 bridgehead atoms. The minimum absolute atomic E-state index is 0.197. The van der Waals surface area contributed by atoms with Gasteiger partial charge in [0.25, 0.3) is 0 Å². The van der Waals surface area contributed by atoms with E-state index in [0.29, 0.717) is 28.9 Å². The number of nitrogens with one attached hydrogen (secondary N) is 1. The zero-order valence-corrected chi connectivity index (χ0v) is 14.1. The summed E-state index contributed by atoms with van der Waals surface area (Å²) in [5.41, 5.74) is 16.0. The Hall–Kier alpha value is -2.47. The number of benzene rings is 1. The Kier molecular flexibility index (Phi) is 9.95. The average molecular weight is 321 g/mol. The quantitative estimate of drug-likeness (QED) is 0.307. The largest absolute Gasteiger partial charge is 0.534 e. The lowest BCUT2D eigenvalue weighted by Crippen LogP contribution is -2.27. The molecule has 23 heavy (non-hydrogen) atoms. The molecule has 6 nitrogen and oxygen atoms in total. The van der Waals surface area contributed by atoms with Crippen LogP contribution in [0.25, 0.3) is 0 Å². The Bertz CT molecular complexity index is 496. The fourth-order valence-electron chi connectivity index (χ4n) is 1.52. The average Bonchev–Trinajstić information content (AvgIpc) is 2.59. The van der Waals surface area contributed by atoms with Crippen molar-refractivity contribution in [2.45, 2.75) is 33.3 Å². The van der Waals surface area contributed by atoms with Crippen LogP contribution in [0.1, 0.15) is 27.2 Å². The summed E-state index contributed by atoms with van der Waals surface area (Å²) in [6.45, 7) is 13.7. The number of nitrogens with two attached hydrogens (primary N) is 2. The molecule has 0 radical (unpaired) electrons. The molecule has 1 atom stereocenters. The van der Waals surface area contributed by atoms with Crippen molar-refractivity contribution in [3.05, 3.63) is 48.6 Å². The van der Waals surface area contributed by atoms with Crippen LogP contribution in [-0.4, -0.2) is 18.8 Å². The maximum Gasteiger partial charge on any atom is 0.534 e. The van der Waals surface area contributed by atoms with Crippen molar-refractivity contribution < 1.29 is 14.4 Å². The molecule has 0 aliphatic heterocycles. The van der Waals surface area contributed by atoms with Crippen LogP contribution >= 0.6 is 0 Å². The van der Waals surface area contributed by atoms with Crippen LogP contribution in [0.3, 0.4) is 0 Å². The summed E-state index contributed by atoms with van der Waals surface area (Å²) in [5.74, 6) is 0. The molecule has 1 aromatic carbocycles. The van der Waals surface area contributed by atoms with Crippen molar-refractivity contribution >= 4 is 17.5 Å². The molecule has 5 N–H and O–H groups in total. The topological polar surface area (TPSA) is 99.6 Å². The standard InChI is InChI=1S/C15H21N3O3.C2H6/c1-4-10(2)14(11(3)9-16)20-15(19)21-18-13-7-5-12(17)6-8-13;1-2/h5-8,14,18H,2-4,9,16-17H2,1H3;1-2H3. The van der Waals surface area contributed by atoms with Crippen molar-refractivity contribution in [1.29, 1.82) is 0 Å². The molecule has 1 rings (SSSR count). The molecule has 1 aromatic rings. The fourth-order valence-corrected chi connectivity index (χ4v) is 1.52. The van der Waals surface area contributed by atoms with E-state index in [0.717, 1.165) is 0 Å². The minimum Gasteiger partial charge on any atom is -0.420 e. The first-order chi connectivity index (χ1) is 11.0. The Balaban J connectivity index is 0.00000232. The molecule has 0 fully saturated rings. The molecule has 0 saturated heterocycles. The van der Waals surface area contributed by atoms with E-state index in [9.17, 15) is 4.79 Å². The number of carbonyl (C=O) groups is 1. The third-order valence-electron chi connectivity index (χ3n) is 2.83. The van der Waals surface area contributed by atoms with Gasteiger partial charge >= 0.3 is 6.16 Å². The molecular weight excluding hydrogens is 294 g/mol. The third kappa shape index (κ3) is 7.37. The summed E-state index contributed by atoms with van der Waals surface area (Å²) in [6, 6.07) is 6.69. The number of carbonyl (C=O) groups excluding carboxylic acids is 1. The van der Waals surface area contributed by atoms with Gasteiger partial charge in [-0.25, -0.2) is 10.3 Å². The lowest BCUT2D eigenvalue weighted by atomic mass is 10.0. The monoisotopic (exact) mass is 321 g/mol. The Morgan fingerprint density at radius 1 is 1.22 bits per heavy atom. The van der Waals surface area contributed by atoms with Gasteiger partial charge in [0, 0.05) is 12.2 Å². The predicted octanol–water partition coefficient (Wildman–Crippen LogP) is 3.62. The number of rotatable bonds is 7. The molecule has 0 saturated carbocycles. The highest BCUT2D eigenvalue weighted by atomic mass is 16.8. The van der Waals surface area contributed by atoms with Crippen LogP contribution in [0, 0.1) is 0 Å². The highest BCUT2D eigenvalue weighted by Crippen LogP contribution is 2.17. The van der Waals surface area contributed by atoms with Crippen LogP contribution in [0.5, 0.6) is 0 Å². The zero-order valence-electron chi connectivity index (χ0n) is 14.1. The van der Waals surface area contributed by atoms with Gasteiger partial charge in [-0.1, -0.05) is 33.9 Å². The van der Waals surface area contributed by atoms with E-state index >= 15 is 0 Å². The van der Waals surface area contributed by atoms with Gasteiger partial charge in [0.1, 0.15) is 6.10 Å². The van der Waals surface area contributed by atoms with Crippen LogP contribution in [-0.2, 0) is 9.57 Å². The number of ether oxygens (including phenoxy) is 1. The lowest BCUT2D eigenvalue weighted by Gasteiger charge is -2.20. The molecule has 128 valence electrons. The van der Waals surface area contributed by atoms with Crippen LogP contribution in [0.2, 0.25) is 0 Å². The molecule has 1 unspecified atom stereocenters. The van der Waals surface area contributed by atoms with Crippen LogP contribution in [0.15, 0.2) is 48.6 Å². The van der Waals surface area contributed by atoms with Crippen molar-refractivity contribution in [2.24, 2.45) is 5.73 Å². The highest BCUT2D eigenvalue weighted by Gasteiger charge is 2.20. The van der Waals surface area contributed by atoms with Gasteiger partial charge < -0.3 is 21.0 Å². The molecule has 0 spiro atoms. The smallest absolute Gasteiger partial charge is 0.420 e. The molecule has 0 amide bonds. The first-order valence-electron chi connectivity index (χ1n) is 7.52. The van der Waals surface area contributed by atoms with Gasteiger partial charge in [-0.15, -0.1) is 0 Å². The van der Waals surface area contributed by atoms with E-state index in [1.807, 2.05) is 20.8 Å². The molecular formula is C17H27N3O3. The number of anilines is 2. The highest BCUT2D eigenvalue weighted by molar-refractivity contribution is 5.63. The second kappa shape index (κ2) is 11.1. The van der Waals surface area contributed by atoms with E-state index in [1.54, 1.807) is 24.3 Å². The normalized spacial score (nSPS) is 10.6. The first kappa shape index (κ1) is 20.5. The minimum atomic E-state index is -0.888. The Labute approximate surface area is 138 Å². The van der Waals surface area contributed by atoms with Crippen molar-refractivity contribution in [3.63, 3.8) is 0 Å². The maximum atomic E-state index is 11.7. The SMILES string of the molecule is C=C(CC)C(OC(=O)ONc1ccc(N)cc1)C(=C)CN.CC. The van der Waals surface area contributed by atoms with Crippen LogP contribution < -0.4 is 16.9 Å². The van der Waals surface area contributed by atoms with Gasteiger partial charge in [0.15, 0.2) is 0 Å². The molecule has 0 aliphatic rings. The fraction of sp³-hybridized carbons (Fsp3) is 0.353. The second-order valence-electron chi connectivity index (χ2n) is 4.45. The summed E-state index contributed by atoms with van der Waals surface area (Å²) in [5, 5.41) is 0. The maximum absolute atomic E-state index is 11.7.